The number of carbonyl (C=O) groups is 1. The third-order valence-electron chi connectivity index (χ3n) is 9.22. The molecule has 6 rings (SSSR count). The number of hydrogen-bond donors (Lipinski definition) is 0. The summed E-state index contributed by atoms with van der Waals surface area (Å²) in [7, 11) is -6.30. The minimum atomic E-state index is -6.30. The quantitative estimate of drug-likeness (QED) is 0.155. The average molecular weight is 735 g/mol. The van der Waals surface area contributed by atoms with Gasteiger partial charge in [-0.25, -0.2) is 19.2 Å². The minimum Gasteiger partial charge on any atom is -0.472 e. The van der Waals surface area contributed by atoms with E-state index in [1.165, 1.54) is 6.92 Å². The fourth-order valence-corrected chi connectivity index (χ4v) is 7.66. The number of pyridine rings is 2. The van der Waals surface area contributed by atoms with Crippen LogP contribution in [-0.4, -0.2) is 71.3 Å². The van der Waals surface area contributed by atoms with Crippen LogP contribution >= 0.6 is 0 Å². The maximum absolute atomic E-state index is 16.9. The van der Waals surface area contributed by atoms with Crippen molar-refractivity contribution >= 4 is 32.8 Å². The highest BCUT2D eigenvalue weighted by Gasteiger charge is 2.54. The zero-order valence-electron chi connectivity index (χ0n) is 27.9. The predicted octanol–water partition coefficient (Wildman–Crippen LogP) is 7.35. The topological polar surface area (TPSA) is 111 Å². The Balaban J connectivity index is 1.57. The van der Waals surface area contributed by atoms with Gasteiger partial charge in [0.05, 0.1) is 29.1 Å². The van der Waals surface area contributed by atoms with Crippen LogP contribution in [0.15, 0.2) is 12.1 Å². The number of aromatic nitrogens is 2. The molecule has 4 atom stereocenters. The highest BCUT2D eigenvalue weighted by atomic mass is 32.2. The molecule has 3 aromatic rings. The molecule has 3 aliphatic heterocycles. The molecule has 1 amide bonds. The molecule has 2 bridgehead atoms. The van der Waals surface area contributed by atoms with Crippen molar-refractivity contribution in [1.82, 2.24) is 14.9 Å². The largest absolute Gasteiger partial charge is 0.534 e. The summed E-state index contributed by atoms with van der Waals surface area (Å²) in [5.74, 6) is -2.46. The van der Waals surface area contributed by atoms with Gasteiger partial charge in [-0.3, -0.25) is 4.90 Å². The first kappa shape index (κ1) is 35.7. The number of ether oxygens (including phenoxy) is 2. The lowest BCUT2D eigenvalue weighted by atomic mass is 9.95. The fourth-order valence-electron chi connectivity index (χ4n) is 7.21. The van der Waals surface area contributed by atoms with Crippen LogP contribution in [-0.2, 0) is 21.0 Å². The van der Waals surface area contributed by atoms with Gasteiger partial charge in [-0.05, 0) is 84.6 Å². The van der Waals surface area contributed by atoms with E-state index < -0.39 is 85.6 Å². The number of alkyl halides is 6. The molecule has 2 fully saturated rings. The molecule has 2 saturated heterocycles. The molecule has 5 heterocycles. The summed E-state index contributed by atoms with van der Waals surface area (Å²) < 4.78 is 140. The molecule has 3 aliphatic rings. The van der Waals surface area contributed by atoms with E-state index in [1.54, 1.807) is 39.5 Å². The molecule has 0 N–H and O–H groups in total. The summed E-state index contributed by atoms with van der Waals surface area (Å²) in [5.41, 5.74) is -10.4. The molecule has 1 aromatic carbocycles. The summed E-state index contributed by atoms with van der Waals surface area (Å²) in [6.45, 7) is 11.1. The Morgan fingerprint density at radius 2 is 1.66 bits per heavy atom. The van der Waals surface area contributed by atoms with Gasteiger partial charge in [0.2, 0.25) is 5.88 Å². The predicted molar refractivity (Wildman–Crippen MR) is 166 cm³/mol. The Kier molecular flexibility index (Phi) is 8.19. The Bertz CT molecular complexity index is 2030. The second-order valence-corrected chi connectivity index (χ2v) is 15.3. The second-order valence-electron chi connectivity index (χ2n) is 13.8. The molecule has 0 unspecified atom stereocenters. The molecular weight excluding hydrogens is 701 g/mol. The summed E-state index contributed by atoms with van der Waals surface area (Å²) in [6.07, 6.45) is -5.31. The van der Waals surface area contributed by atoms with Gasteiger partial charge in [0, 0.05) is 23.2 Å². The molecular formula is C32H33F7N4O6S. The van der Waals surface area contributed by atoms with Crippen molar-refractivity contribution in [3.05, 3.63) is 40.3 Å². The Morgan fingerprint density at radius 3 is 2.26 bits per heavy atom. The second kappa shape index (κ2) is 11.5. The van der Waals surface area contributed by atoms with E-state index in [9.17, 15) is 39.6 Å². The molecule has 0 radical (unpaired) electrons. The highest BCUT2D eigenvalue weighted by Crippen LogP contribution is 2.49. The molecule has 0 aliphatic carbocycles. The van der Waals surface area contributed by atoms with Crippen LogP contribution in [0.4, 0.5) is 41.3 Å². The van der Waals surface area contributed by atoms with Crippen LogP contribution in [0.1, 0.15) is 62.9 Å². The first-order valence-corrected chi connectivity index (χ1v) is 17.0. The molecule has 272 valence electrons. The van der Waals surface area contributed by atoms with Crippen molar-refractivity contribution < 1.29 is 57.6 Å². The van der Waals surface area contributed by atoms with E-state index in [-0.39, 0.29) is 40.6 Å². The number of amides is 1. The van der Waals surface area contributed by atoms with Crippen molar-refractivity contribution in [3.8, 4) is 22.9 Å². The zero-order chi connectivity index (χ0) is 37.0. The zero-order valence-corrected chi connectivity index (χ0v) is 28.7. The van der Waals surface area contributed by atoms with Gasteiger partial charge < -0.3 is 18.6 Å². The number of rotatable bonds is 3. The van der Waals surface area contributed by atoms with Crippen molar-refractivity contribution in [2.24, 2.45) is 0 Å². The third kappa shape index (κ3) is 5.82. The molecule has 0 saturated carbocycles. The van der Waals surface area contributed by atoms with Gasteiger partial charge in [-0.2, -0.15) is 34.8 Å². The number of benzene rings is 1. The summed E-state index contributed by atoms with van der Waals surface area (Å²) in [6, 6.07) is -0.502. The van der Waals surface area contributed by atoms with Gasteiger partial charge in [-0.15, -0.1) is 0 Å². The van der Waals surface area contributed by atoms with Crippen LogP contribution in [0.25, 0.3) is 22.0 Å². The Hall–Kier alpha value is -4.09. The molecule has 2 aromatic heterocycles. The molecule has 0 spiro atoms. The van der Waals surface area contributed by atoms with Crippen LogP contribution in [0.5, 0.6) is 11.6 Å². The van der Waals surface area contributed by atoms with Crippen LogP contribution in [0, 0.1) is 26.6 Å². The minimum absolute atomic E-state index is 0.0613. The third-order valence-corrected chi connectivity index (χ3v) is 10.2. The van der Waals surface area contributed by atoms with E-state index >= 15 is 4.39 Å². The number of hydrogen-bond acceptors (Lipinski definition) is 9. The maximum atomic E-state index is 16.9. The standard InChI is InChI=1S/C32H33F7N4O6S/c1-13-10-18(49-50(45,46)32(37,38)39)11-19(23(13)31(34,35)36)25-24(33)21-14(2)15(3)40-27-22(21)28(41-25)47-16(4)26-20-9-8-17(12-42(26)27)43(20)29(44)48-30(5,6)7/h10-11,16-17,20,26H,8-9,12H2,1-7H3/t16-,17+,20-,26+/m0/s1. The van der Waals surface area contributed by atoms with Crippen molar-refractivity contribution in [3.63, 3.8) is 0 Å². The van der Waals surface area contributed by atoms with Gasteiger partial charge in [-0.1, -0.05) is 0 Å². The molecule has 50 heavy (non-hydrogen) atoms. The number of carbonyl (C=O) groups excluding carboxylic acids is 1. The lowest BCUT2D eigenvalue weighted by Crippen LogP contribution is -2.65. The Labute approximate surface area is 282 Å². The fraction of sp³-hybridized carbons (Fsp3) is 0.531. The molecule has 10 nitrogen and oxygen atoms in total. The van der Waals surface area contributed by atoms with Gasteiger partial charge in [0.15, 0.2) is 5.82 Å². The summed E-state index contributed by atoms with van der Waals surface area (Å²) in [5, 5.41) is -0.131. The van der Waals surface area contributed by atoms with Crippen molar-refractivity contribution in [2.75, 3.05) is 11.4 Å². The number of piperazine rings is 1. The monoisotopic (exact) mass is 734 g/mol. The van der Waals surface area contributed by atoms with Crippen molar-refractivity contribution in [2.45, 2.75) is 103 Å². The number of halogens is 7. The number of aryl methyl sites for hydroxylation is 3. The Morgan fingerprint density at radius 1 is 1.00 bits per heavy atom. The normalized spacial score (nSPS) is 22.3. The van der Waals surface area contributed by atoms with E-state index in [2.05, 4.69) is 9.17 Å². The number of nitrogens with zero attached hydrogens (tertiary/aromatic N) is 4. The SMILES string of the molecule is Cc1cc(OS(=O)(=O)C(F)(F)F)cc(-c2nc3c4c(nc(C)c(C)c4c2F)N2C[C@H]4CC[C@@H]([C@H]2[C@H](C)O3)N4C(=O)OC(C)(C)C)c1C(F)(F)F. The number of anilines is 1. The van der Waals surface area contributed by atoms with E-state index in [4.69, 9.17) is 14.5 Å². The average Bonchev–Trinajstić information content (AvgIpc) is 3.20. The van der Waals surface area contributed by atoms with Gasteiger partial charge in [0.1, 0.15) is 29.0 Å². The van der Waals surface area contributed by atoms with Gasteiger partial charge in [0.25, 0.3) is 0 Å². The first-order valence-electron chi connectivity index (χ1n) is 15.6. The molecule has 18 heteroatoms. The lowest BCUT2D eigenvalue weighted by Gasteiger charge is -2.48. The first-order chi connectivity index (χ1) is 22.9. The highest BCUT2D eigenvalue weighted by molar-refractivity contribution is 7.88. The van der Waals surface area contributed by atoms with E-state index in [0.717, 1.165) is 6.92 Å². The maximum Gasteiger partial charge on any atom is 0.534 e. The van der Waals surface area contributed by atoms with E-state index in [0.29, 0.717) is 30.7 Å². The number of fused-ring (bicyclic) bond motifs is 5. The van der Waals surface area contributed by atoms with Crippen LogP contribution in [0.2, 0.25) is 0 Å². The summed E-state index contributed by atoms with van der Waals surface area (Å²) >= 11 is 0. The van der Waals surface area contributed by atoms with Crippen molar-refractivity contribution in [1.29, 1.82) is 0 Å². The smallest absolute Gasteiger partial charge is 0.472 e. The summed E-state index contributed by atoms with van der Waals surface area (Å²) in [4.78, 5) is 25.9. The van der Waals surface area contributed by atoms with Crippen LogP contribution in [0.3, 0.4) is 0 Å². The van der Waals surface area contributed by atoms with Gasteiger partial charge >= 0.3 is 27.9 Å². The van der Waals surface area contributed by atoms with Crippen LogP contribution < -0.4 is 13.8 Å². The lowest BCUT2D eigenvalue weighted by molar-refractivity contribution is -0.137. The van der Waals surface area contributed by atoms with E-state index in [1.807, 2.05) is 4.90 Å².